The summed E-state index contributed by atoms with van der Waals surface area (Å²) in [6, 6.07) is 13.5. The fourth-order valence-electron chi connectivity index (χ4n) is 2.77. The summed E-state index contributed by atoms with van der Waals surface area (Å²) in [6.07, 6.45) is 0. The van der Waals surface area contributed by atoms with Crippen molar-refractivity contribution in [3.05, 3.63) is 54.1 Å². The molecule has 1 heterocycles. The van der Waals surface area contributed by atoms with Crippen LogP contribution in [-0.4, -0.2) is 38.1 Å². The molecule has 0 N–H and O–H groups in total. The van der Waals surface area contributed by atoms with E-state index in [0.717, 1.165) is 5.56 Å². The van der Waals surface area contributed by atoms with Gasteiger partial charge in [0.05, 0.1) is 17.4 Å². The summed E-state index contributed by atoms with van der Waals surface area (Å²) in [5.41, 5.74) is 0.778. The first kappa shape index (κ1) is 18.8. The second kappa shape index (κ2) is 7.69. The Morgan fingerprint density at radius 2 is 1.88 bits per heavy atom. The Balaban J connectivity index is 1.94. The van der Waals surface area contributed by atoms with E-state index < -0.39 is 16.0 Å². The lowest BCUT2D eigenvalue weighted by Gasteiger charge is -2.24. The Hall–Kier alpha value is -2.03. The summed E-state index contributed by atoms with van der Waals surface area (Å²) in [5.74, 6) is 0.955. The standard InChI is InChI=1S/C18H19NO5S2/c1-13(20)24-16-9-8-14(12-17(16)23-2)18-19(10-11-25-18)26(21,22)15-6-4-3-5-7-15/h3-9,12,18H,10-11H2,1-2H3. The second-order valence-electron chi connectivity index (χ2n) is 5.66. The number of benzene rings is 2. The predicted octanol–water partition coefficient (Wildman–Crippen LogP) is 3.06. The molecule has 2 aromatic rings. The van der Waals surface area contributed by atoms with Crippen molar-refractivity contribution < 1.29 is 22.7 Å². The number of sulfonamides is 1. The number of methoxy groups -OCH3 is 1. The zero-order valence-corrected chi connectivity index (χ0v) is 16.0. The van der Waals surface area contributed by atoms with Crippen molar-refractivity contribution in [3.8, 4) is 11.5 Å². The van der Waals surface area contributed by atoms with E-state index in [-0.39, 0.29) is 10.3 Å². The fourth-order valence-corrected chi connectivity index (χ4v) is 6.02. The number of thioether (sulfide) groups is 1. The summed E-state index contributed by atoms with van der Waals surface area (Å²) in [5, 5.41) is -0.361. The Kier molecular flexibility index (Phi) is 5.55. The number of hydrogen-bond acceptors (Lipinski definition) is 6. The van der Waals surface area contributed by atoms with E-state index in [1.807, 2.05) is 0 Å². The summed E-state index contributed by atoms with van der Waals surface area (Å²) in [4.78, 5) is 11.5. The summed E-state index contributed by atoms with van der Waals surface area (Å²) >= 11 is 1.55. The van der Waals surface area contributed by atoms with Crippen molar-refractivity contribution in [2.24, 2.45) is 0 Å². The summed E-state index contributed by atoms with van der Waals surface area (Å²) in [6.45, 7) is 1.74. The van der Waals surface area contributed by atoms with E-state index in [1.165, 1.54) is 18.3 Å². The van der Waals surface area contributed by atoms with E-state index in [0.29, 0.717) is 23.8 Å². The molecule has 1 saturated heterocycles. The lowest BCUT2D eigenvalue weighted by molar-refractivity contribution is -0.132. The highest BCUT2D eigenvalue weighted by atomic mass is 32.2. The number of ether oxygens (including phenoxy) is 2. The Morgan fingerprint density at radius 3 is 2.54 bits per heavy atom. The first-order valence-corrected chi connectivity index (χ1v) is 10.5. The molecule has 1 unspecified atom stereocenters. The second-order valence-corrected chi connectivity index (χ2v) is 8.73. The molecule has 8 heteroatoms. The van der Waals surface area contributed by atoms with E-state index in [2.05, 4.69) is 0 Å². The third kappa shape index (κ3) is 3.72. The molecule has 0 aliphatic carbocycles. The smallest absolute Gasteiger partial charge is 0.308 e. The lowest BCUT2D eigenvalue weighted by atomic mass is 10.2. The Morgan fingerprint density at radius 1 is 1.15 bits per heavy atom. The largest absolute Gasteiger partial charge is 0.493 e. The Bertz CT molecular complexity index is 899. The van der Waals surface area contributed by atoms with E-state index >= 15 is 0 Å². The molecule has 1 aliphatic heterocycles. The van der Waals surface area contributed by atoms with Crippen LogP contribution in [0, 0.1) is 0 Å². The first-order valence-electron chi connectivity index (χ1n) is 7.98. The molecule has 0 amide bonds. The maximum atomic E-state index is 13.0. The molecule has 0 saturated carbocycles. The number of esters is 1. The van der Waals surface area contributed by atoms with Crippen LogP contribution >= 0.6 is 11.8 Å². The van der Waals surface area contributed by atoms with Crippen LogP contribution in [-0.2, 0) is 14.8 Å². The van der Waals surface area contributed by atoms with E-state index in [1.54, 1.807) is 60.3 Å². The van der Waals surface area contributed by atoms with Crippen LogP contribution < -0.4 is 9.47 Å². The fraction of sp³-hybridized carbons (Fsp3) is 0.278. The molecule has 138 valence electrons. The maximum Gasteiger partial charge on any atom is 0.308 e. The van der Waals surface area contributed by atoms with Crippen LogP contribution in [0.15, 0.2) is 53.4 Å². The van der Waals surface area contributed by atoms with Crippen molar-refractivity contribution in [1.82, 2.24) is 4.31 Å². The van der Waals surface area contributed by atoms with Crippen LogP contribution in [0.5, 0.6) is 11.5 Å². The van der Waals surface area contributed by atoms with Crippen molar-refractivity contribution in [2.45, 2.75) is 17.2 Å². The van der Waals surface area contributed by atoms with Gasteiger partial charge in [0.1, 0.15) is 0 Å². The molecule has 26 heavy (non-hydrogen) atoms. The van der Waals surface area contributed by atoms with Gasteiger partial charge in [-0.05, 0) is 29.8 Å². The normalized spacial score (nSPS) is 17.8. The molecule has 1 aliphatic rings. The third-order valence-electron chi connectivity index (χ3n) is 3.93. The molecule has 0 radical (unpaired) electrons. The highest BCUT2D eigenvalue weighted by Gasteiger charge is 2.37. The third-order valence-corrected chi connectivity index (χ3v) is 7.20. The average Bonchev–Trinajstić information content (AvgIpc) is 3.13. The highest BCUT2D eigenvalue weighted by Crippen LogP contribution is 2.43. The van der Waals surface area contributed by atoms with Gasteiger partial charge in [0.2, 0.25) is 10.0 Å². The SMILES string of the molecule is COc1cc(C2SCCN2S(=O)(=O)c2ccccc2)ccc1OC(C)=O. The number of carbonyl (C=O) groups is 1. The van der Waals surface area contributed by atoms with Gasteiger partial charge < -0.3 is 9.47 Å². The van der Waals surface area contributed by atoms with Crippen molar-refractivity contribution in [2.75, 3.05) is 19.4 Å². The minimum Gasteiger partial charge on any atom is -0.493 e. The quantitative estimate of drug-likeness (QED) is 0.574. The van der Waals surface area contributed by atoms with Gasteiger partial charge in [-0.25, -0.2) is 8.42 Å². The van der Waals surface area contributed by atoms with Crippen LogP contribution in [0.4, 0.5) is 0 Å². The first-order chi connectivity index (χ1) is 12.4. The molecule has 0 spiro atoms. The van der Waals surface area contributed by atoms with Gasteiger partial charge in [-0.2, -0.15) is 4.31 Å². The van der Waals surface area contributed by atoms with Gasteiger partial charge in [-0.1, -0.05) is 24.3 Å². The molecule has 6 nitrogen and oxygen atoms in total. The van der Waals surface area contributed by atoms with Crippen molar-refractivity contribution in [1.29, 1.82) is 0 Å². The number of nitrogens with zero attached hydrogens (tertiary/aromatic N) is 1. The van der Waals surface area contributed by atoms with Gasteiger partial charge in [0, 0.05) is 19.2 Å². The molecule has 1 atom stereocenters. The molecular formula is C18H19NO5S2. The zero-order chi connectivity index (χ0) is 18.7. The van der Waals surface area contributed by atoms with Gasteiger partial charge >= 0.3 is 5.97 Å². The van der Waals surface area contributed by atoms with Gasteiger partial charge in [0.15, 0.2) is 11.5 Å². The number of carbonyl (C=O) groups excluding carboxylic acids is 1. The number of hydrogen-bond donors (Lipinski definition) is 0. The maximum absolute atomic E-state index is 13.0. The minimum absolute atomic E-state index is 0.274. The van der Waals surface area contributed by atoms with Crippen LogP contribution in [0.2, 0.25) is 0 Å². The molecular weight excluding hydrogens is 374 g/mol. The molecule has 3 rings (SSSR count). The summed E-state index contributed by atoms with van der Waals surface area (Å²) < 4.78 is 37.9. The average molecular weight is 393 g/mol. The predicted molar refractivity (Wildman–Crippen MR) is 99.8 cm³/mol. The van der Waals surface area contributed by atoms with Gasteiger partial charge in [-0.3, -0.25) is 4.79 Å². The van der Waals surface area contributed by atoms with Crippen molar-refractivity contribution in [3.63, 3.8) is 0 Å². The van der Waals surface area contributed by atoms with Gasteiger partial charge in [-0.15, -0.1) is 11.8 Å². The zero-order valence-electron chi connectivity index (χ0n) is 14.4. The van der Waals surface area contributed by atoms with E-state index in [4.69, 9.17) is 9.47 Å². The molecule has 0 bridgehead atoms. The monoisotopic (exact) mass is 393 g/mol. The highest BCUT2D eigenvalue weighted by molar-refractivity contribution is 8.01. The molecule has 1 fully saturated rings. The lowest BCUT2D eigenvalue weighted by Crippen LogP contribution is -2.30. The minimum atomic E-state index is -3.60. The molecule has 2 aromatic carbocycles. The van der Waals surface area contributed by atoms with E-state index in [9.17, 15) is 13.2 Å². The Labute approximate surface area is 157 Å². The summed E-state index contributed by atoms with van der Waals surface area (Å²) in [7, 11) is -2.12. The topological polar surface area (TPSA) is 72.9 Å². The van der Waals surface area contributed by atoms with Crippen LogP contribution in [0.3, 0.4) is 0 Å². The van der Waals surface area contributed by atoms with Gasteiger partial charge in [0.25, 0.3) is 0 Å². The number of rotatable bonds is 5. The van der Waals surface area contributed by atoms with Crippen LogP contribution in [0.1, 0.15) is 17.9 Å². The van der Waals surface area contributed by atoms with Crippen molar-refractivity contribution >= 4 is 27.8 Å². The van der Waals surface area contributed by atoms with Crippen LogP contribution in [0.25, 0.3) is 0 Å². The molecule has 0 aromatic heterocycles.